The molecule has 0 amide bonds. The van der Waals surface area contributed by atoms with Crippen LogP contribution in [0.1, 0.15) is 30.1 Å². The number of aliphatic hydroxyl groups excluding tert-OH is 1. The van der Waals surface area contributed by atoms with Crippen molar-refractivity contribution in [2.24, 2.45) is 5.92 Å². The number of para-hydroxylation sites is 1. The maximum absolute atomic E-state index is 11.4. The van der Waals surface area contributed by atoms with Crippen LogP contribution in [0.5, 0.6) is 0 Å². The number of benzene rings is 1. The van der Waals surface area contributed by atoms with Crippen molar-refractivity contribution in [3.8, 4) is 0 Å². The molecular weight excluding hydrogens is 268 g/mol. The number of aromatic nitrogens is 1. The van der Waals surface area contributed by atoms with Gasteiger partial charge in [-0.25, -0.2) is 4.79 Å². The lowest BCUT2D eigenvalue weighted by atomic mass is 10.0. The van der Waals surface area contributed by atoms with E-state index in [2.05, 4.69) is 17.2 Å². The molecule has 0 saturated heterocycles. The first-order chi connectivity index (χ1) is 10.2. The first kappa shape index (κ1) is 15.3. The number of aromatic carboxylic acids is 1. The van der Waals surface area contributed by atoms with E-state index in [9.17, 15) is 9.90 Å². The number of carboxylic acid groups (broad SMARTS) is 1. The zero-order valence-electron chi connectivity index (χ0n) is 12.0. The van der Waals surface area contributed by atoms with Gasteiger partial charge < -0.3 is 15.5 Å². The Morgan fingerprint density at radius 1 is 1.38 bits per heavy atom. The van der Waals surface area contributed by atoms with Crippen molar-refractivity contribution in [1.29, 1.82) is 0 Å². The second-order valence-electron chi connectivity index (χ2n) is 5.04. The zero-order valence-corrected chi connectivity index (χ0v) is 12.0. The smallest absolute Gasteiger partial charge is 0.339 e. The molecule has 1 heterocycles. The van der Waals surface area contributed by atoms with E-state index < -0.39 is 5.97 Å². The standard InChI is InChI=1S/C16H20N2O3/c1-2-11(7-8-19)9-18-15-12-5-3-4-6-14(12)17-10-13(15)16(20)21/h3-6,10-11,19H,2,7-9H2,1H3,(H,17,18)(H,20,21). The van der Waals surface area contributed by atoms with E-state index >= 15 is 0 Å². The summed E-state index contributed by atoms with van der Waals surface area (Å²) in [7, 11) is 0. The van der Waals surface area contributed by atoms with Gasteiger partial charge >= 0.3 is 5.97 Å². The molecule has 0 aliphatic heterocycles. The van der Waals surface area contributed by atoms with Crippen LogP contribution in [-0.2, 0) is 0 Å². The fourth-order valence-corrected chi connectivity index (χ4v) is 2.37. The minimum atomic E-state index is -0.994. The van der Waals surface area contributed by atoms with Crippen LogP contribution in [-0.4, -0.2) is 34.3 Å². The van der Waals surface area contributed by atoms with Gasteiger partial charge in [0.25, 0.3) is 0 Å². The van der Waals surface area contributed by atoms with Gasteiger partial charge in [0.2, 0.25) is 0 Å². The number of rotatable bonds is 7. The van der Waals surface area contributed by atoms with Crippen molar-refractivity contribution < 1.29 is 15.0 Å². The zero-order chi connectivity index (χ0) is 15.2. The summed E-state index contributed by atoms with van der Waals surface area (Å²) in [6.45, 7) is 2.83. The lowest BCUT2D eigenvalue weighted by Crippen LogP contribution is -2.17. The molecule has 0 spiro atoms. The predicted molar refractivity (Wildman–Crippen MR) is 82.7 cm³/mol. The van der Waals surface area contributed by atoms with Crippen LogP contribution in [0.3, 0.4) is 0 Å². The fourth-order valence-electron chi connectivity index (χ4n) is 2.37. The van der Waals surface area contributed by atoms with Crippen molar-refractivity contribution in [3.63, 3.8) is 0 Å². The van der Waals surface area contributed by atoms with E-state index in [1.165, 1.54) is 6.20 Å². The Morgan fingerprint density at radius 2 is 2.14 bits per heavy atom. The molecule has 0 aliphatic rings. The second kappa shape index (κ2) is 7.04. The Labute approximate surface area is 123 Å². The van der Waals surface area contributed by atoms with E-state index in [0.29, 0.717) is 24.6 Å². The molecule has 0 saturated carbocycles. The molecule has 0 fully saturated rings. The summed E-state index contributed by atoms with van der Waals surface area (Å²) in [5.41, 5.74) is 1.54. The van der Waals surface area contributed by atoms with Crippen molar-refractivity contribution in [2.45, 2.75) is 19.8 Å². The number of hydrogen-bond donors (Lipinski definition) is 3. The summed E-state index contributed by atoms with van der Waals surface area (Å²) in [4.78, 5) is 15.6. The Bertz CT molecular complexity index is 628. The van der Waals surface area contributed by atoms with Crippen LogP contribution in [0.25, 0.3) is 10.9 Å². The Morgan fingerprint density at radius 3 is 2.81 bits per heavy atom. The average Bonchev–Trinajstić information content (AvgIpc) is 2.50. The number of anilines is 1. The van der Waals surface area contributed by atoms with E-state index in [1.54, 1.807) is 0 Å². The molecular formula is C16H20N2O3. The molecule has 1 aromatic carbocycles. The molecule has 2 aromatic rings. The highest BCUT2D eigenvalue weighted by molar-refractivity contribution is 6.04. The molecule has 1 unspecified atom stereocenters. The maximum atomic E-state index is 11.4. The Balaban J connectivity index is 2.35. The van der Waals surface area contributed by atoms with Gasteiger partial charge in [-0.3, -0.25) is 4.98 Å². The number of fused-ring (bicyclic) bond motifs is 1. The third-order valence-corrected chi connectivity index (χ3v) is 3.69. The van der Waals surface area contributed by atoms with Gasteiger partial charge in [0.05, 0.1) is 11.2 Å². The number of pyridine rings is 1. The molecule has 5 nitrogen and oxygen atoms in total. The highest BCUT2D eigenvalue weighted by Gasteiger charge is 2.15. The van der Waals surface area contributed by atoms with Crippen LogP contribution < -0.4 is 5.32 Å². The minimum absolute atomic E-state index is 0.142. The third-order valence-electron chi connectivity index (χ3n) is 3.69. The topological polar surface area (TPSA) is 82.5 Å². The molecule has 2 rings (SSSR count). The molecule has 112 valence electrons. The van der Waals surface area contributed by atoms with Gasteiger partial charge in [-0.2, -0.15) is 0 Å². The van der Waals surface area contributed by atoms with Crippen LogP contribution in [0.15, 0.2) is 30.5 Å². The van der Waals surface area contributed by atoms with Gasteiger partial charge in [0, 0.05) is 24.7 Å². The molecule has 1 atom stereocenters. The SMILES string of the molecule is CCC(CCO)CNc1c(C(=O)O)cnc2ccccc12. The quantitative estimate of drug-likeness (QED) is 0.729. The molecule has 5 heteroatoms. The van der Waals surface area contributed by atoms with Gasteiger partial charge in [0.1, 0.15) is 5.56 Å². The summed E-state index contributed by atoms with van der Waals surface area (Å²) in [6, 6.07) is 7.47. The van der Waals surface area contributed by atoms with E-state index in [-0.39, 0.29) is 12.2 Å². The fraction of sp³-hybridized carbons (Fsp3) is 0.375. The van der Waals surface area contributed by atoms with Crippen LogP contribution >= 0.6 is 0 Å². The van der Waals surface area contributed by atoms with E-state index in [1.807, 2.05) is 24.3 Å². The second-order valence-corrected chi connectivity index (χ2v) is 5.04. The molecule has 0 radical (unpaired) electrons. The number of nitrogens with one attached hydrogen (secondary N) is 1. The summed E-state index contributed by atoms with van der Waals surface area (Å²) < 4.78 is 0. The Hall–Kier alpha value is -2.14. The lowest BCUT2D eigenvalue weighted by molar-refractivity contribution is 0.0697. The van der Waals surface area contributed by atoms with Gasteiger partial charge in [-0.15, -0.1) is 0 Å². The highest BCUT2D eigenvalue weighted by atomic mass is 16.4. The van der Waals surface area contributed by atoms with Gasteiger partial charge in [0.15, 0.2) is 0 Å². The molecule has 3 N–H and O–H groups in total. The number of aliphatic hydroxyl groups is 1. The van der Waals surface area contributed by atoms with Crippen molar-refractivity contribution in [1.82, 2.24) is 4.98 Å². The number of nitrogens with zero attached hydrogens (tertiary/aromatic N) is 1. The van der Waals surface area contributed by atoms with E-state index in [4.69, 9.17) is 5.11 Å². The number of carboxylic acids is 1. The van der Waals surface area contributed by atoms with E-state index in [0.717, 1.165) is 17.3 Å². The van der Waals surface area contributed by atoms with Crippen molar-refractivity contribution in [2.75, 3.05) is 18.5 Å². The van der Waals surface area contributed by atoms with Crippen molar-refractivity contribution >= 4 is 22.6 Å². The minimum Gasteiger partial charge on any atom is -0.478 e. The maximum Gasteiger partial charge on any atom is 0.339 e. The van der Waals surface area contributed by atoms with Gasteiger partial charge in [-0.05, 0) is 18.4 Å². The first-order valence-electron chi connectivity index (χ1n) is 7.13. The van der Waals surface area contributed by atoms with Gasteiger partial charge in [-0.1, -0.05) is 31.5 Å². The summed E-state index contributed by atoms with van der Waals surface area (Å²) in [6.07, 6.45) is 3.02. The molecule has 1 aromatic heterocycles. The summed E-state index contributed by atoms with van der Waals surface area (Å²) in [5.74, 6) is -0.686. The normalized spacial score (nSPS) is 12.3. The van der Waals surface area contributed by atoms with Crippen molar-refractivity contribution in [3.05, 3.63) is 36.0 Å². The van der Waals surface area contributed by atoms with Crippen LogP contribution in [0.2, 0.25) is 0 Å². The third kappa shape index (κ3) is 3.49. The summed E-state index contributed by atoms with van der Waals surface area (Å²) in [5, 5.41) is 22.4. The van der Waals surface area contributed by atoms with Crippen LogP contribution in [0, 0.1) is 5.92 Å². The average molecular weight is 288 g/mol. The molecule has 21 heavy (non-hydrogen) atoms. The lowest BCUT2D eigenvalue weighted by Gasteiger charge is -2.17. The highest BCUT2D eigenvalue weighted by Crippen LogP contribution is 2.26. The largest absolute Gasteiger partial charge is 0.478 e. The number of carbonyl (C=O) groups is 1. The van der Waals surface area contributed by atoms with Crippen LogP contribution in [0.4, 0.5) is 5.69 Å². The summed E-state index contributed by atoms with van der Waals surface area (Å²) >= 11 is 0. The Kier molecular flexibility index (Phi) is 5.11. The first-order valence-corrected chi connectivity index (χ1v) is 7.13. The predicted octanol–water partition coefficient (Wildman–Crippen LogP) is 2.75. The molecule has 0 bridgehead atoms. The monoisotopic (exact) mass is 288 g/mol. The molecule has 0 aliphatic carbocycles. The number of hydrogen-bond acceptors (Lipinski definition) is 4.